The number of hydrogen-bond acceptors (Lipinski definition) is 6. The van der Waals surface area contributed by atoms with Crippen LogP contribution in [-0.2, 0) is 21.3 Å². The van der Waals surface area contributed by atoms with Crippen LogP contribution in [0, 0.1) is 0 Å². The average Bonchev–Trinajstić information content (AvgIpc) is 3.75. The Bertz CT molecular complexity index is 1960. The minimum atomic E-state index is -4.42. The first kappa shape index (κ1) is 31.0. The molecule has 4 aromatic carbocycles. The highest BCUT2D eigenvalue weighted by molar-refractivity contribution is 7.85. The fraction of sp³-hybridized carbons (Fsp3) is 0.189. The zero-order chi connectivity index (χ0) is 32.1. The maximum absolute atomic E-state index is 13.8. The van der Waals surface area contributed by atoms with Gasteiger partial charge >= 0.3 is 0 Å². The molecule has 1 aliphatic rings. The lowest BCUT2D eigenvalue weighted by atomic mass is 9.89. The molecule has 46 heavy (non-hydrogen) atoms. The molecule has 0 saturated heterocycles. The molecule has 0 fully saturated rings. The lowest BCUT2D eigenvalue weighted by Crippen LogP contribution is -2.29. The number of allylic oxidation sites excluding steroid dienone is 2. The molecule has 1 aliphatic carbocycles. The third kappa shape index (κ3) is 7.62. The Labute approximate surface area is 267 Å². The summed E-state index contributed by atoms with van der Waals surface area (Å²) in [6.45, 7) is -0.263. The number of furan rings is 1. The Morgan fingerprint density at radius 3 is 2.26 bits per heavy atom. The van der Waals surface area contributed by atoms with Crippen LogP contribution in [0.3, 0.4) is 0 Å². The Morgan fingerprint density at radius 1 is 0.870 bits per heavy atom. The van der Waals surface area contributed by atoms with E-state index in [0.717, 1.165) is 52.7 Å². The minimum Gasteiger partial charge on any atom is -0.748 e. The van der Waals surface area contributed by atoms with Gasteiger partial charge in [-0.3, -0.25) is 9.59 Å². The molecule has 2 amide bonds. The molecular formula is C37H33N2O6S-. The fourth-order valence-electron chi connectivity index (χ4n) is 5.72. The summed E-state index contributed by atoms with van der Waals surface area (Å²) < 4.78 is 38.5. The SMILES string of the molecule is O=C(NCCS(=O)(=O)[O-])c1ccc(CC(C(=O)Nc2ccc(-c3cc4ccccc4o3)cc2)c2ccc(C3=CCCC3)cc2)cc1. The van der Waals surface area contributed by atoms with Gasteiger partial charge < -0.3 is 19.6 Å². The summed E-state index contributed by atoms with van der Waals surface area (Å²) in [5.41, 5.74) is 6.93. The molecule has 5 aromatic rings. The highest BCUT2D eigenvalue weighted by atomic mass is 32.2. The van der Waals surface area contributed by atoms with Crippen molar-refractivity contribution >= 4 is 44.2 Å². The molecular weight excluding hydrogens is 600 g/mol. The quantitative estimate of drug-likeness (QED) is 0.152. The third-order valence-corrected chi connectivity index (χ3v) is 8.90. The third-order valence-electron chi connectivity index (χ3n) is 8.20. The number of amides is 2. The van der Waals surface area contributed by atoms with E-state index in [0.29, 0.717) is 17.7 Å². The number of anilines is 1. The van der Waals surface area contributed by atoms with Crippen molar-refractivity contribution in [1.29, 1.82) is 0 Å². The van der Waals surface area contributed by atoms with Gasteiger partial charge in [0.15, 0.2) is 0 Å². The van der Waals surface area contributed by atoms with Crippen LogP contribution in [0.4, 0.5) is 5.69 Å². The van der Waals surface area contributed by atoms with Gasteiger partial charge in [-0.2, -0.15) is 0 Å². The van der Waals surface area contributed by atoms with E-state index in [4.69, 9.17) is 4.42 Å². The molecule has 0 spiro atoms. The van der Waals surface area contributed by atoms with Gasteiger partial charge in [-0.15, -0.1) is 0 Å². The molecule has 0 bridgehead atoms. The number of carbonyl (C=O) groups is 2. The molecule has 6 rings (SSSR count). The normalized spacial score (nSPS) is 13.7. The van der Waals surface area contributed by atoms with Gasteiger partial charge in [-0.1, -0.05) is 60.7 Å². The van der Waals surface area contributed by atoms with E-state index in [1.807, 2.05) is 66.7 Å². The first-order valence-corrected chi connectivity index (χ1v) is 16.8. The zero-order valence-corrected chi connectivity index (χ0v) is 25.9. The minimum absolute atomic E-state index is 0.162. The van der Waals surface area contributed by atoms with Crippen LogP contribution in [-0.4, -0.2) is 37.1 Å². The van der Waals surface area contributed by atoms with Crippen molar-refractivity contribution in [2.24, 2.45) is 0 Å². The van der Waals surface area contributed by atoms with Crippen LogP contribution in [0.2, 0.25) is 0 Å². The second-order valence-electron chi connectivity index (χ2n) is 11.4. The molecule has 1 atom stereocenters. The largest absolute Gasteiger partial charge is 0.748 e. The lowest BCUT2D eigenvalue weighted by Gasteiger charge is -2.19. The van der Waals surface area contributed by atoms with Crippen molar-refractivity contribution < 1.29 is 27.0 Å². The summed E-state index contributed by atoms with van der Waals surface area (Å²) in [5, 5.41) is 6.55. The first-order chi connectivity index (χ1) is 22.2. The number of para-hydroxylation sites is 1. The number of hydrogen-bond donors (Lipinski definition) is 2. The molecule has 1 aromatic heterocycles. The Hall–Kier alpha value is -4.99. The van der Waals surface area contributed by atoms with E-state index < -0.39 is 27.7 Å². The van der Waals surface area contributed by atoms with Gasteiger partial charge in [0.2, 0.25) is 5.91 Å². The molecule has 8 nitrogen and oxygen atoms in total. The molecule has 0 saturated carbocycles. The van der Waals surface area contributed by atoms with E-state index in [-0.39, 0.29) is 12.5 Å². The molecule has 2 N–H and O–H groups in total. The average molecular weight is 634 g/mol. The predicted molar refractivity (Wildman–Crippen MR) is 178 cm³/mol. The number of fused-ring (bicyclic) bond motifs is 1. The van der Waals surface area contributed by atoms with E-state index in [1.165, 1.54) is 11.1 Å². The number of rotatable bonds is 11. The topological polar surface area (TPSA) is 129 Å². The number of benzene rings is 4. The highest BCUT2D eigenvalue weighted by Crippen LogP contribution is 2.31. The first-order valence-electron chi connectivity index (χ1n) is 15.2. The molecule has 0 radical (unpaired) electrons. The maximum Gasteiger partial charge on any atom is 0.251 e. The van der Waals surface area contributed by atoms with Crippen LogP contribution >= 0.6 is 0 Å². The molecule has 9 heteroatoms. The maximum atomic E-state index is 13.8. The van der Waals surface area contributed by atoms with E-state index >= 15 is 0 Å². The van der Waals surface area contributed by atoms with Crippen molar-refractivity contribution in [2.75, 3.05) is 17.6 Å². The van der Waals surface area contributed by atoms with Gasteiger partial charge in [0, 0.05) is 28.7 Å². The predicted octanol–water partition coefficient (Wildman–Crippen LogP) is 6.91. The van der Waals surface area contributed by atoms with E-state index in [1.54, 1.807) is 24.3 Å². The molecule has 0 aliphatic heterocycles. The van der Waals surface area contributed by atoms with E-state index in [9.17, 15) is 22.6 Å². The molecule has 234 valence electrons. The summed E-state index contributed by atoms with van der Waals surface area (Å²) in [5.74, 6) is -1.07. The zero-order valence-electron chi connectivity index (χ0n) is 25.1. The Balaban J connectivity index is 1.19. The molecule has 1 unspecified atom stereocenters. The Morgan fingerprint density at radius 2 is 1.59 bits per heavy atom. The summed E-state index contributed by atoms with van der Waals surface area (Å²) in [6.07, 6.45) is 5.96. The van der Waals surface area contributed by atoms with Crippen molar-refractivity contribution in [3.8, 4) is 11.3 Å². The van der Waals surface area contributed by atoms with Crippen molar-refractivity contribution in [1.82, 2.24) is 5.32 Å². The number of nitrogens with one attached hydrogen (secondary N) is 2. The monoisotopic (exact) mass is 633 g/mol. The van der Waals surface area contributed by atoms with Gasteiger partial charge in [-0.25, -0.2) is 8.42 Å². The lowest BCUT2D eigenvalue weighted by molar-refractivity contribution is -0.117. The van der Waals surface area contributed by atoms with Crippen molar-refractivity contribution in [3.05, 3.63) is 131 Å². The Kier molecular flexibility index (Phi) is 9.14. The van der Waals surface area contributed by atoms with Crippen LogP contribution in [0.15, 0.2) is 114 Å². The number of carbonyl (C=O) groups excluding carboxylic acids is 2. The van der Waals surface area contributed by atoms with Gasteiger partial charge in [0.25, 0.3) is 5.91 Å². The molecule has 1 heterocycles. The van der Waals surface area contributed by atoms with Crippen molar-refractivity contribution in [3.63, 3.8) is 0 Å². The van der Waals surface area contributed by atoms with Crippen molar-refractivity contribution in [2.45, 2.75) is 31.6 Å². The summed E-state index contributed by atoms with van der Waals surface area (Å²) in [6, 6.07) is 32.4. The summed E-state index contributed by atoms with van der Waals surface area (Å²) >= 11 is 0. The van der Waals surface area contributed by atoms with Gasteiger partial charge in [0.05, 0.1) is 21.8 Å². The van der Waals surface area contributed by atoms with E-state index in [2.05, 4.69) is 28.8 Å². The fourth-order valence-corrected chi connectivity index (χ4v) is 6.07. The highest BCUT2D eigenvalue weighted by Gasteiger charge is 2.22. The van der Waals surface area contributed by atoms with Gasteiger partial charge in [-0.05, 0) is 96.5 Å². The smallest absolute Gasteiger partial charge is 0.251 e. The van der Waals surface area contributed by atoms with Crippen LogP contribution in [0.5, 0.6) is 0 Å². The second kappa shape index (κ2) is 13.6. The van der Waals surface area contributed by atoms with Crippen LogP contribution < -0.4 is 10.6 Å². The van der Waals surface area contributed by atoms with Crippen LogP contribution in [0.25, 0.3) is 27.9 Å². The summed E-state index contributed by atoms with van der Waals surface area (Å²) in [7, 11) is -4.42. The van der Waals surface area contributed by atoms with Gasteiger partial charge in [0.1, 0.15) is 11.3 Å². The standard InChI is InChI=1S/C37H34N2O6S/c40-36(38-21-22-46(42,43)44)30-11-9-25(10-12-30)23-33(28-15-13-27(14-16-28)26-5-1-2-6-26)37(41)39-32-19-17-29(18-20-32)35-24-31-7-3-4-8-34(31)45-35/h3-5,7-20,24,33H,1-2,6,21-23H2,(H,38,40)(H,39,41)(H,42,43,44)/p-1. The summed E-state index contributed by atoms with van der Waals surface area (Å²) in [4.78, 5) is 26.2. The second-order valence-corrected chi connectivity index (χ2v) is 13.0. The van der Waals surface area contributed by atoms with Crippen LogP contribution in [0.1, 0.15) is 52.2 Å².